The van der Waals surface area contributed by atoms with E-state index in [1.54, 1.807) is 36.4 Å². The maximum atomic E-state index is 14.9. The van der Waals surface area contributed by atoms with Gasteiger partial charge in [-0.3, -0.25) is 24.0 Å². The highest BCUT2D eigenvalue weighted by atomic mass is 19.1. The molecule has 0 unspecified atom stereocenters. The summed E-state index contributed by atoms with van der Waals surface area (Å²) in [5, 5.41) is 15.9. The van der Waals surface area contributed by atoms with Crippen molar-refractivity contribution in [1.82, 2.24) is 10.6 Å². The number of benzene rings is 5. The Labute approximate surface area is 331 Å². The van der Waals surface area contributed by atoms with Gasteiger partial charge in [-0.2, -0.15) is 0 Å². The standard InChI is InChI=1S/C47H45FN2O7/c48-41-14-8-7-13-36(41)27-37-28-39(51)30-57-40-22-17-32(18-23-40)25-38(47(55)56)29-44(52)42(24-19-31-9-3-1-4-10-31)49-46(54)43(50-45(37)53)26-33-15-20-35(21-16-33)34-11-5-2-6-12-34/h1-18,20-23,37-38,42-43H,19,24-30H2,(H,49,54)(H,50,53)(H,55,56)/t37-,38-,42+,43-/m1/s1. The molecule has 10 heteroatoms. The second kappa shape index (κ2) is 19.4. The molecule has 7 rings (SSSR count). The molecule has 2 bridgehead atoms. The summed E-state index contributed by atoms with van der Waals surface area (Å²) in [7, 11) is 0. The van der Waals surface area contributed by atoms with Gasteiger partial charge in [-0.15, -0.1) is 0 Å². The fraction of sp³-hybridized carbons (Fsp3) is 0.255. The third-order valence-electron chi connectivity index (χ3n) is 10.3. The zero-order valence-electron chi connectivity index (χ0n) is 31.4. The van der Waals surface area contributed by atoms with E-state index in [4.69, 9.17) is 4.74 Å². The van der Waals surface area contributed by atoms with E-state index < -0.39 is 59.1 Å². The molecule has 5 aromatic rings. The predicted molar refractivity (Wildman–Crippen MR) is 214 cm³/mol. The van der Waals surface area contributed by atoms with Gasteiger partial charge in [0, 0.05) is 25.2 Å². The van der Waals surface area contributed by atoms with Crippen LogP contribution in [0.4, 0.5) is 4.39 Å². The van der Waals surface area contributed by atoms with Gasteiger partial charge in [0.15, 0.2) is 11.6 Å². The van der Waals surface area contributed by atoms with Crippen LogP contribution in [0.1, 0.15) is 41.5 Å². The molecule has 292 valence electrons. The topological polar surface area (TPSA) is 139 Å². The largest absolute Gasteiger partial charge is 0.486 e. The number of halogens is 1. The number of rotatable bonds is 9. The van der Waals surface area contributed by atoms with E-state index in [0.717, 1.165) is 16.7 Å². The van der Waals surface area contributed by atoms with Crippen LogP contribution in [0.25, 0.3) is 11.1 Å². The molecule has 57 heavy (non-hydrogen) atoms. The number of carboxylic acids is 1. The molecule has 2 aliphatic rings. The maximum Gasteiger partial charge on any atom is 0.307 e. The van der Waals surface area contributed by atoms with Gasteiger partial charge >= 0.3 is 5.97 Å². The lowest BCUT2D eigenvalue weighted by atomic mass is 9.90. The second-order valence-electron chi connectivity index (χ2n) is 14.5. The van der Waals surface area contributed by atoms with Crippen LogP contribution in [-0.4, -0.2) is 53.1 Å². The quantitative estimate of drug-likeness (QED) is 0.151. The third-order valence-corrected chi connectivity index (χ3v) is 10.3. The van der Waals surface area contributed by atoms with E-state index in [2.05, 4.69) is 10.6 Å². The van der Waals surface area contributed by atoms with Crippen LogP contribution in [0, 0.1) is 17.7 Å². The number of hydrogen-bond acceptors (Lipinski definition) is 6. The van der Waals surface area contributed by atoms with Crippen LogP contribution >= 0.6 is 0 Å². The van der Waals surface area contributed by atoms with Crippen molar-refractivity contribution in [2.45, 2.75) is 57.0 Å². The lowest BCUT2D eigenvalue weighted by Crippen LogP contribution is -2.54. The van der Waals surface area contributed by atoms with Crippen molar-refractivity contribution in [2.75, 3.05) is 6.61 Å². The minimum absolute atomic E-state index is 0.0292. The van der Waals surface area contributed by atoms with Gasteiger partial charge in [-0.05, 0) is 77.3 Å². The highest BCUT2D eigenvalue weighted by molar-refractivity contribution is 5.95. The van der Waals surface area contributed by atoms with Gasteiger partial charge < -0.3 is 20.5 Å². The average Bonchev–Trinajstić information content (AvgIpc) is 3.22. The Balaban J connectivity index is 1.34. The van der Waals surface area contributed by atoms with E-state index in [1.807, 2.05) is 84.9 Å². The number of aryl methyl sites for hydroxylation is 1. The van der Waals surface area contributed by atoms with Crippen molar-refractivity contribution in [2.24, 2.45) is 11.8 Å². The summed E-state index contributed by atoms with van der Waals surface area (Å²) in [5.74, 6) is -5.64. The van der Waals surface area contributed by atoms with E-state index >= 15 is 0 Å². The Bertz CT molecular complexity index is 2160. The molecular weight excluding hydrogens is 724 g/mol. The molecule has 0 saturated heterocycles. The number of nitrogens with one attached hydrogen (secondary N) is 2. The second-order valence-corrected chi connectivity index (χ2v) is 14.5. The predicted octanol–water partition coefficient (Wildman–Crippen LogP) is 6.75. The van der Waals surface area contributed by atoms with Crippen LogP contribution in [-0.2, 0) is 49.7 Å². The SMILES string of the molecule is O=C1COc2ccc(cc2)C[C@@H](C(=O)O)CC(=O)[C@H](CCc2ccccc2)NC(=O)[C@@H](Cc2ccc(-c3ccccc3)cc2)NC(=O)[C@H](Cc2ccccc2F)C1. The number of ketones is 2. The Morgan fingerprint density at radius 1 is 0.649 bits per heavy atom. The van der Waals surface area contributed by atoms with Gasteiger partial charge in [-0.1, -0.05) is 115 Å². The molecular formula is C47H45FN2O7. The summed E-state index contributed by atoms with van der Waals surface area (Å²) in [6.07, 6.45) is -0.0724. The Kier molecular flexibility index (Phi) is 13.7. The van der Waals surface area contributed by atoms with Crippen molar-refractivity contribution in [3.63, 3.8) is 0 Å². The Morgan fingerprint density at radius 3 is 1.96 bits per heavy atom. The molecule has 0 radical (unpaired) electrons. The first-order valence-corrected chi connectivity index (χ1v) is 19.1. The zero-order valence-corrected chi connectivity index (χ0v) is 31.4. The van der Waals surface area contributed by atoms with Crippen LogP contribution in [0.15, 0.2) is 133 Å². The monoisotopic (exact) mass is 768 g/mol. The van der Waals surface area contributed by atoms with Crippen molar-refractivity contribution >= 4 is 29.4 Å². The van der Waals surface area contributed by atoms with Gasteiger partial charge in [0.1, 0.15) is 24.2 Å². The summed E-state index contributed by atoms with van der Waals surface area (Å²) in [5.41, 5.74) is 4.48. The van der Waals surface area contributed by atoms with E-state index in [9.17, 15) is 33.5 Å². The van der Waals surface area contributed by atoms with Crippen molar-refractivity contribution in [3.05, 3.63) is 162 Å². The summed E-state index contributed by atoms with van der Waals surface area (Å²) in [6.45, 7) is -0.368. The Morgan fingerprint density at radius 2 is 1.28 bits per heavy atom. The molecule has 3 N–H and O–H groups in total. The highest BCUT2D eigenvalue weighted by Crippen LogP contribution is 2.23. The molecule has 0 spiro atoms. The fourth-order valence-corrected chi connectivity index (χ4v) is 7.06. The number of carboxylic acid groups (broad SMARTS) is 1. The molecule has 2 amide bonds. The van der Waals surface area contributed by atoms with Crippen LogP contribution in [0.2, 0.25) is 0 Å². The molecule has 0 saturated carbocycles. The number of Topliss-reactive ketones (excluding diaryl/α,β-unsaturated/α-hetero) is 2. The molecule has 0 fully saturated rings. The zero-order chi connectivity index (χ0) is 40.1. The van der Waals surface area contributed by atoms with Crippen LogP contribution < -0.4 is 15.4 Å². The van der Waals surface area contributed by atoms with Crippen LogP contribution in [0.5, 0.6) is 5.75 Å². The summed E-state index contributed by atoms with van der Waals surface area (Å²) < 4.78 is 20.7. The van der Waals surface area contributed by atoms with E-state index in [0.29, 0.717) is 23.3 Å². The van der Waals surface area contributed by atoms with E-state index in [1.165, 1.54) is 12.1 Å². The number of ether oxygens (including phenoxy) is 1. The summed E-state index contributed by atoms with van der Waals surface area (Å²) in [6, 6.07) is 37.0. The van der Waals surface area contributed by atoms with Crippen molar-refractivity contribution in [3.8, 4) is 16.9 Å². The molecule has 0 aromatic heterocycles. The first-order valence-electron chi connectivity index (χ1n) is 19.1. The lowest BCUT2D eigenvalue weighted by Gasteiger charge is -2.26. The van der Waals surface area contributed by atoms with Gasteiger partial charge in [0.05, 0.1) is 12.0 Å². The molecule has 2 heterocycles. The van der Waals surface area contributed by atoms with Crippen molar-refractivity contribution < 1.29 is 38.2 Å². The van der Waals surface area contributed by atoms with Gasteiger partial charge in [-0.25, -0.2) is 4.39 Å². The number of aliphatic carboxylic acids is 1. The van der Waals surface area contributed by atoms with Crippen LogP contribution in [0.3, 0.4) is 0 Å². The molecule has 2 aliphatic heterocycles. The lowest BCUT2D eigenvalue weighted by molar-refractivity contribution is -0.144. The van der Waals surface area contributed by atoms with Gasteiger partial charge in [0.25, 0.3) is 0 Å². The number of carbonyl (C=O) groups is 5. The normalized spacial score (nSPS) is 19.7. The average molecular weight is 769 g/mol. The number of fused-ring (bicyclic) bond motifs is 16. The molecule has 9 nitrogen and oxygen atoms in total. The molecule has 0 aliphatic carbocycles. The summed E-state index contributed by atoms with van der Waals surface area (Å²) in [4.78, 5) is 68.5. The maximum absolute atomic E-state index is 14.9. The number of amides is 2. The Hall–Kier alpha value is -6.42. The number of carbonyl (C=O) groups excluding carboxylic acids is 4. The minimum atomic E-state index is -1.21. The fourth-order valence-electron chi connectivity index (χ4n) is 7.06. The van der Waals surface area contributed by atoms with Gasteiger partial charge in [0.2, 0.25) is 11.8 Å². The summed E-state index contributed by atoms with van der Waals surface area (Å²) >= 11 is 0. The highest BCUT2D eigenvalue weighted by Gasteiger charge is 2.33. The molecule has 4 atom stereocenters. The minimum Gasteiger partial charge on any atom is -0.486 e. The smallest absolute Gasteiger partial charge is 0.307 e. The third kappa shape index (κ3) is 11.5. The van der Waals surface area contributed by atoms with Crippen molar-refractivity contribution in [1.29, 1.82) is 0 Å². The first-order chi connectivity index (χ1) is 27.6. The number of hydrogen-bond donors (Lipinski definition) is 3. The first kappa shape index (κ1) is 40.2. The van der Waals surface area contributed by atoms with E-state index in [-0.39, 0.29) is 50.7 Å². The molecule has 5 aromatic carbocycles.